The highest BCUT2D eigenvalue weighted by Crippen LogP contribution is 2.22. The average Bonchev–Trinajstić information content (AvgIpc) is 3.40. The van der Waals surface area contributed by atoms with Crippen molar-refractivity contribution in [3.8, 4) is 10.7 Å². The Labute approximate surface area is 155 Å². The molecule has 4 heterocycles. The molecule has 0 spiro atoms. The molecule has 8 heteroatoms. The first-order valence-electron chi connectivity index (χ1n) is 8.75. The normalized spacial score (nSPS) is 17.1. The number of ether oxygens (including phenoxy) is 1. The van der Waals surface area contributed by atoms with Gasteiger partial charge in [0.2, 0.25) is 5.82 Å². The maximum atomic E-state index is 12.8. The zero-order valence-corrected chi connectivity index (χ0v) is 15.7. The van der Waals surface area contributed by atoms with Crippen molar-refractivity contribution in [2.45, 2.75) is 45.9 Å². The molecular weight excluding hydrogens is 350 g/mol. The molecule has 0 bridgehead atoms. The minimum atomic E-state index is -0.00757. The molecule has 26 heavy (non-hydrogen) atoms. The first-order valence-corrected chi connectivity index (χ1v) is 9.63. The molecule has 0 unspecified atom stereocenters. The second-order valence-corrected chi connectivity index (χ2v) is 7.52. The van der Waals surface area contributed by atoms with Crippen molar-refractivity contribution < 1.29 is 9.53 Å². The van der Waals surface area contributed by atoms with E-state index in [2.05, 4.69) is 20.0 Å². The highest BCUT2D eigenvalue weighted by molar-refractivity contribution is 7.13. The van der Waals surface area contributed by atoms with Crippen LogP contribution in [0.5, 0.6) is 0 Å². The number of Topliss-reactive ketones (excluding diaryl/α,β-unsaturated/α-hetero) is 1. The minimum absolute atomic E-state index is 0.00757. The van der Waals surface area contributed by atoms with Crippen molar-refractivity contribution in [3.05, 3.63) is 40.5 Å². The molecule has 0 N–H and O–H groups in total. The molecule has 0 radical (unpaired) electrons. The summed E-state index contributed by atoms with van der Waals surface area (Å²) in [5.41, 5.74) is 2.77. The largest absolute Gasteiger partial charge is 0.376 e. The topological polar surface area (TPSA) is 74.8 Å². The fourth-order valence-electron chi connectivity index (χ4n) is 3.38. The molecule has 0 saturated carbocycles. The van der Waals surface area contributed by atoms with Gasteiger partial charge in [-0.05, 0) is 49.4 Å². The molecule has 3 aromatic rings. The van der Waals surface area contributed by atoms with Crippen molar-refractivity contribution in [3.63, 3.8) is 0 Å². The lowest BCUT2D eigenvalue weighted by molar-refractivity contribution is 0.0943. The van der Waals surface area contributed by atoms with E-state index in [0.717, 1.165) is 47.8 Å². The second-order valence-electron chi connectivity index (χ2n) is 6.57. The zero-order chi connectivity index (χ0) is 18.1. The number of nitrogens with zero attached hydrogens (tertiary/aromatic N) is 5. The van der Waals surface area contributed by atoms with Gasteiger partial charge in [0.15, 0.2) is 5.78 Å². The maximum Gasteiger partial charge on any atom is 0.214 e. The molecule has 0 aromatic carbocycles. The smallest absolute Gasteiger partial charge is 0.214 e. The molecule has 1 fully saturated rings. The summed E-state index contributed by atoms with van der Waals surface area (Å²) in [6.07, 6.45) is 2.43. The predicted molar refractivity (Wildman–Crippen MR) is 98.3 cm³/mol. The van der Waals surface area contributed by atoms with Gasteiger partial charge in [-0.25, -0.2) is 0 Å². The maximum absolute atomic E-state index is 12.8. The van der Waals surface area contributed by atoms with Crippen molar-refractivity contribution in [1.29, 1.82) is 0 Å². The van der Waals surface area contributed by atoms with Crippen LogP contribution in [0.15, 0.2) is 23.6 Å². The monoisotopic (exact) mass is 371 g/mol. The third-order valence-electron chi connectivity index (χ3n) is 4.76. The Hall–Kier alpha value is -2.32. The van der Waals surface area contributed by atoms with E-state index in [4.69, 9.17) is 4.74 Å². The molecule has 0 amide bonds. The zero-order valence-electron chi connectivity index (χ0n) is 14.9. The van der Waals surface area contributed by atoms with E-state index in [-0.39, 0.29) is 18.4 Å². The van der Waals surface area contributed by atoms with Crippen LogP contribution in [-0.2, 0) is 17.8 Å². The lowest BCUT2D eigenvalue weighted by Gasteiger charge is -2.14. The van der Waals surface area contributed by atoms with Crippen molar-refractivity contribution >= 4 is 17.1 Å². The van der Waals surface area contributed by atoms with Crippen LogP contribution in [0.1, 0.15) is 34.6 Å². The van der Waals surface area contributed by atoms with E-state index < -0.39 is 0 Å². The number of hydrogen-bond acceptors (Lipinski definition) is 6. The molecule has 3 aromatic heterocycles. The van der Waals surface area contributed by atoms with E-state index in [0.29, 0.717) is 5.82 Å². The van der Waals surface area contributed by atoms with Crippen LogP contribution in [0.4, 0.5) is 0 Å². The van der Waals surface area contributed by atoms with Gasteiger partial charge in [-0.3, -0.25) is 4.79 Å². The predicted octanol–water partition coefficient (Wildman–Crippen LogP) is 2.88. The quantitative estimate of drug-likeness (QED) is 0.623. The van der Waals surface area contributed by atoms with Crippen LogP contribution in [0.3, 0.4) is 0 Å². The standard InChI is InChI=1S/C18H21N5O2S/c1-12-9-15(13(2)22(12)10-14-5-3-7-25-14)16(24)11-23-20-18(19-21-23)17-6-4-8-26-17/h4,6,8-9,14H,3,5,7,10-11H2,1-2H3/t14-/m0/s1. The minimum Gasteiger partial charge on any atom is -0.376 e. The van der Waals surface area contributed by atoms with Crippen LogP contribution in [-0.4, -0.2) is 43.3 Å². The van der Waals surface area contributed by atoms with Crippen LogP contribution in [0.25, 0.3) is 10.7 Å². The number of rotatable bonds is 6. The van der Waals surface area contributed by atoms with Gasteiger partial charge in [-0.2, -0.15) is 4.80 Å². The lowest BCUT2D eigenvalue weighted by Crippen LogP contribution is -2.18. The fourth-order valence-corrected chi connectivity index (χ4v) is 4.03. The van der Waals surface area contributed by atoms with E-state index in [9.17, 15) is 4.79 Å². The van der Waals surface area contributed by atoms with Gasteiger partial charge < -0.3 is 9.30 Å². The third-order valence-corrected chi connectivity index (χ3v) is 5.63. The Bertz CT molecular complexity index is 906. The summed E-state index contributed by atoms with van der Waals surface area (Å²) >= 11 is 1.55. The molecule has 1 atom stereocenters. The van der Waals surface area contributed by atoms with Crippen molar-refractivity contribution in [1.82, 2.24) is 24.8 Å². The molecule has 1 aliphatic rings. The second kappa shape index (κ2) is 7.13. The molecule has 1 saturated heterocycles. The first-order chi connectivity index (χ1) is 12.6. The highest BCUT2D eigenvalue weighted by atomic mass is 32.1. The van der Waals surface area contributed by atoms with Crippen LogP contribution < -0.4 is 0 Å². The number of carbonyl (C=O) groups is 1. The van der Waals surface area contributed by atoms with Crippen LogP contribution >= 0.6 is 11.3 Å². The van der Waals surface area contributed by atoms with Gasteiger partial charge in [-0.1, -0.05) is 6.07 Å². The van der Waals surface area contributed by atoms with Gasteiger partial charge in [0, 0.05) is 30.1 Å². The summed E-state index contributed by atoms with van der Waals surface area (Å²) in [5.74, 6) is 0.545. The summed E-state index contributed by atoms with van der Waals surface area (Å²) in [6, 6.07) is 5.82. The van der Waals surface area contributed by atoms with E-state index in [1.807, 2.05) is 37.4 Å². The van der Waals surface area contributed by atoms with Gasteiger partial charge in [0.1, 0.15) is 6.54 Å². The van der Waals surface area contributed by atoms with E-state index in [1.165, 1.54) is 4.80 Å². The molecule has 1 aliphatic heterocycles. The summed E-state index contributed by atoms with van der Waals surface area (Å²) in [4.78, 5) is 15.1. The van der Waals surface area contributed by atoms with E-state index >= 15 is 0 Å². The third kappa shape index (κ3) is 3.34. The number of ketones is 1. The summed E-state index contributed by atoms with van der Waals surface area (Å²) < 4.78 is 7.91. The Morgan fingerprint density at radius 1 is 1.42 bits per heavy atom. The van der Waals surface area contributed by atoms with Crippen molar-refractivity contribution in [2.24, 2.45) is 0 Å². The number of tetrazole rings is 1. The lowest BCUT2D eigenvalue weighted by atomic mass is 10.1. The molecule has 7 nitrogen and oxygen atoms in total. The van der Waals surface area contributed by atoms with Gasteiger partial charge in [0.05, 0.1) is 11.0 Å². The molecule has 0 aliphatic carbocycles. The Morgan fingerprint density at radius 3 is 3.04 bits per heavy atom. The molecule has 136 valence electrons. The number of aromatic nitrogens is 5. The average molecular weight is 371 g/mol. The molecule has 4 rings (SSSR count). The Morgan fingerprint density at radius 2 is 2.31 bits per heavy atom. The number of aryl methyl sites for hydroxylation is 1. The number of carbonyl (C=O) groups excluding carboxylic acids is 1. The summed E-state index contributed by atoms with van der Waals surface area (Å²) in [5, 5.41) is 14.3. The number of thiophene rings is 1. The van der Waals surface area contributed by atoms with Crippen LogP contribution in [0, 0.1) is 13.8 Å². The Balaban J connectivity index is 1.49. The van der Waals surface area contributed by atoms with Gasteiger partial charge in [0.25, 0.3) is 0 Å². The molecular formula is C18H21N5O2S. The van der Waals surface area contributed by atoms with Gasteiger partial charge in [-0.15, -0.1) is 21.5 Å². The number of hydrogen-bond donors (Lipinski definition) is 0. The van der Waals surface area contributed by atoms with Crippen molar-refractivity contribution in [2.75, 3.05) is 6.61 Å². The fraction of sp³-hybridized carbons (Fsp3) is 0.444. The summed E-state index contributed by atoms with van der Waals surface area (Å²) in [7, 11) is 0. The first kappa shape index (κ1) is 17.1. The van der Waals surface area contributed by atoms with E-state index in [1.54, 1.807) is 11.3 Å². The SMILES string of the molecule is Cc1cc(C(=O)Cn2nnc(-c3cccs3)n2)c(C)n1C[C@@H]1CCCO1. The summed E-state index contributed by atoms with van der Waals surface area (Å²) in [6.45, 7) is 5.74. The van der Waals surface area contributed by atoms with Gasteiger partial charge >= 0.3 is 0 Å². The Kier molecular flexibility index (Phi) is 4.69. The van der Waals surface area contributed by atoms with Crippen LogP contribution in [0.2, 0.25) is 0 Å². The highest BCUT2D eigenvalue weighted by Gasteiger charge is 2.21.